The van der Waals surface area contributed by atoms with E-state index in [1.807, 2.05) is 6.92 Å². The van der Waals surface area contributed by atoms with Crippen LogP contribution >= 0.6 is 0 Å². The van der Waals surface area contributed by atoms with Crippen LogP contribution in [0.15, 0.2) is 21.6 Å². The van der Waals surface area contributed by atoms with E-state index in [4.69, 9.17) is 9.15 Å². The number of nitrogens with zero attached hydrogens (tertiary/aromatic N) is 1. The third-order valence-electron chi connectivity index (χ3n) is 3.35. The van der Waals surface area contributed by atoms with Crippen LogP contribution < -0.4 is 10.0 Å². The maximum absolute atomic E-state index is 12.1. The molecule has 8 nitrogen and oxygen atoms in total. The Morgan fingerprint density at radius 3 is 2.68 bits per heavy atom. The highest BCUT2D eigenvalue weighted by Gasteiger charge is 2.21. The molecule has 0 bridgehead atoms. The van der Waals surface area contributed by atoms with Crippen molar-refractivity contribution in [1.82, 2.24) is 14.9 Å². The Morgan fingerprint density at radius 2 is 2.05 bits per heavy atom. The van der Waals surface area contributed by atoms with Gasteiger partial charge >= 0.3 is 0 Å². The lowest BCUT2D eigenvalue weighted by molar-refractivity contribution is 0.0341. The molecule has 2 rings (SSSR count). The van der Waals surface area contributed by atoms with Crippen LogP contribution in [-0.2, 0) is 14.8 Å². The average Bonchev–Trinajstić information content (AvgIpc) is 2.99. The fraction of sp³-hybridized carbons (Fsp3) is 0.615. The highest BCUT2D eigenvalue weighted by molar-refractivity contribution is 7.89. The van der Waals surface area contributed by atoms with E-state index in [1.54, 1.807) is 0 Å². The van der Waals surface area contributed by atoms with Gasteiger partial charge in [0.1, 0.15) is 0 Å². The quantitative estimate of drug-likeness (QED) is 0.738. The minimum absolute atomic E-state index is 0.0253. The SMILES string of the molecule is CNS(=O)(=O)c1ccc(C(=O)N[C@H](C)CN2CCOCC2)o1. The first-order chi connectivity index (χ1) is 10.4. The first-order valence-electron chi connectivity index (χ1n) is 7.06. The van der Waals surface area contributed by atoms with Gasteiger partial charge < -0.3 is 14.5 Å². The highest BCUT2D eigenvalue weighted by atomic mass is 32.2. The van der Waals surface area contributed by atoms with Crippen molar-refractivity contribution in [2.75, 3.05) is 39.9 Å². The number of nitrogens with one attached hydrogen (secondary N) is 2. The predicted molar refractivity (Wildman–Crippen MR) is 79.1 cm³/mol. The molecule has 1 aromatic heterocycles. The van der Waals surface area contributed by atoms with Crippen molar-refractivity contribution in [3.8, 4) is 0 Å². The Morgan fingerprint density at radius 1 is 1.36 bits per heavy atom. The van der Waals surface area contributed by atoms with Crippen LogP contribution in [0.2, 0.25) is 0 Å². The maximum atomic E-state index is 12.1. The third-order valence-corrected chi connectivity index (χ3v) is 4.64. The van der Waals surface area contributed by atoms with Crippen LogP contribution in [0.3, 0.4) is 0 Å². The molecule has 1 aliphatic rings. The molecular weight excluding hydrogens is 310 g/mol. The van der Waals surface area contributed by atoms with Gasteiger partial charge in [0.25, 0.3) is 15.9 Å². The number of amides is 1. The van der Waals surface area contributed by atoms with Crippen LogP contribution in [0.4, 0.5) is 0 Å². The summed E-state index contributed by atoms with van der Waals surface area (Å²) in [6.45, 7) is 5.67. The number of hydrogen-bond donors (Lipinski definition) is 2. The van der Waals surface area contributed by atoms with Crippen LogP contribution in [0.25, 0.3) is 0 Å². The zero-order chi connectivity index (χ0) is 16.2. The predicted octanol–water partition coefficient (Wildman–Crippen LogP) is -0.362. The summed E-state index contributed by atoms with van der Waals surface area (Å²) in [7, 11) is -2.40. The second-order valence-electron chi connectivity index (χ2n) is 5.11. The Kier molecular flexibility index (Phi) is 5.57. The molecule has 1 aliphatic heterocycles. The summed E-state index contributed by atoms with van der Waals surface area (Å²) in [5, 5.41) is 2.52. The zero-order valence-electron chi connectivity index (χ0n) is 12.7. The van der Waals surface area contributed by atoms with Gasteiger partial charge in [-0.3, -0.25) is 9.69 Å². The molecule has 124 valence electrons. The number of carbonyl (C=O) groups excluding carboxylic acids is 1. The monoisotopic (exact) mass is 331 g/mol. The minimum Gasteiger partial charge on any atom is -0.438 e. The van der Waals surface area contributed by atoms with E-state index >= 15 is 0 Å². The number of morpholine rings is 1. The lowest BCUT2D eigenvalue weighted by atomic mass is 10.2. The van der Waals surface area contributed by atoms with Crippen LogP contribution in [0.1, 0.15) is 17.5 Å². The lowest BCUT2D eigenvalue weighted by Gasteiger charge is -2.29. The van der Waals surface area contributed by atoms with E-state index in [9.17, 15) is 13.2 Å². The number of sulfonamides is 1. The molecular formula is C13H21N3O5S. The third kappa shape index (κ3) is 4.29. The summed E-state index contributed by atoms with van der Waals surface area (Å²) in [6.07, 6.45) is 0. The molecule has 2 heterocycles. The van der Waals surface area contributed by atoms with Crippen LogP contribution in [0, 0.1) is 0 Å². The fourth-order valence-corrected chi connectivity index (χ4v) is 2.85. The lowest BCUT2D eigenvalue weighted by Crippen LogP contribution is -2.45. The molecule has 0 aliphatic carbocycles. The number of furan rings is 1. The van der Waals surface area contributed by atoms with E-state index in [0.29, 0.717) is 19.8 Å². The van der Waals surface area contributed by atoms with Crippen molar-refractivity contribution in [3.05, 3.63) is 17.9 Å². The van der Waals surface area contributed by atoms with Gasteiger partial charge in [-0.05, 0) is 26.1 Å². The Bertz CT molecular complexity index is 607. The Hall–Kier alpha value is -1.42. The van der Waals surface area contributed by atoms with E-state index < -0.39 is 15.9 Å². The summed E-state index contributed by atoms with van der Waals surface area (Å²) in [5.74, 6) is -0.457. The van der Waals surface area contributed by atoms with Crippen LogP contribution in [0.5, 0.6) is 0 Å². The van der Waals surface area contributed by atoms with Gasteiger partial charge in [0.05, 0.1) is 13.2 Å². The van der Waals surface area contributed by atoms with Crippen molar-refractivity contribution in [1.29, 1.82) is 0 Å². The van der Waals surface area contributed by atoms with Gasteiger partial charge in [0.15, 0.2) is 5.76 Å². The molecule has 1 saturated heterocycles. The summed E-state index contributed by atoms with van der Waals surface area (Å²) >= 11 is 0. The first kappa shape index (κ1) is 16.9. The molecule has 22 heavy (non-hydrogen) atoms. The molecule has 2 N–H and O–H groups in total. The molecule has 0 unspecified atom stereocenters. The molecule has 0 radical (unpaired) electrons. The van der Waals surface area contributed by atoms with Gasteiger partial charge in [-0.2, -0.15) is 0 Å². The van der Waals surface area contributed by atoms with Crippen molar-refractivity contribution in [2.24, 2.45) is 0 Å². The van der Waals surface area contributed by atoms with E-state index in [-0.39, 0.29) is 16.9 Å². The molecule has 0 saturated carbocycles. The molecule has 1 amide bonds. The van der Waals surface area contributed by atoms with Crippen molar-refractivity contribution < 1.29 is 22.4 Å². The molecule has 0 aromatic carbocycles. The van der Waals surface area contributed by atoms with Crippen molar-refractivity contribution in [3.63, 3.8) is 0 Å². The number of carbonyl (C=O) groups is 1. The minimum atomic E-state index is -3.68. The van der Waals surface area contributed by atoms with E-state index in [1.165, 1.54) is 19.2 Å². The highest BCUT2D eigenvalue weighted by Crippen LogP contribution is 2.13. The van der Waals surface area contributed by atoms with E-state index in [2.05, 4.69) is 14.9 Å². The van der Waals surface area contributed by atoms with Gasteiger partial charge in [-0.1, -0.05) is 0 Å². The second-order valence-corrected chi connectivity index (χ2v) is 6.93. The number of ether oxygens (including phenoxy) is 1. The van der Waals surface area contributed by atoms with Gasteiger partial charge in [-0.25, -0.2) is 13.1 Å². The molecule has 0 spiro atoms. The maximum Gasteiger partial charge on any atom is 0.287 e. The normalized spacial score (nSPS) is 18.1. The first-order valence-corrected chi connectivity index (χ1v) is 8.55. The summed E-state index contributed by atoms with van der Waals surface area (Å²) < 4.78 is 35.6. The van der Waals surface area contributed by atoms with Gasteiger partial charge in [0, 0.05) is 25.7 Å². The van der Waals surface area contributed by atoms with Gasteiger partial charge in [0.2, 0.25) is 5.09 Å². The number of rotatable bonds is 6. The smallest absolute Gasteiger partial charge is 0.287 e. The summed E-state index contributed by atoms with van der Waals surface area (Å²) in [4.78, 5) is 14.3. The standard InChI is InChI=1S/C13H21N3O5S/c1-10(9-16-5-7-20-8-6-16)15-13(17)11-3-4-12(21-11)22(18,19)14-2/h3-4,10,14H,5-9H2,1-2H3,(H,15,17)/t10-/m1/s1. The van der Waals surface area contributed by atoms with Crippen molar-refractivity contribution in [2.45, 2.75) is 18.1 Å². The molecule has 1 atom stereocenters. The van der Waals surface area contributed by atoms with Gasteiger partial charge in [-0.15, -0.1) is 0 Å². The largest absolute Gasteiger partial charge is 0.438 e. The van der Waals surface area contributed by atoms with Crippen molar-refractivity contribution >= 4 is 15.9 Å². The fourth-order valence-electron chi connectivity index (χ4n) is 2.20. The topological polar surface area (TPSA) is 101 Å². The Labute approximate surface area is 129 Å². The summed E-state index contributed by atoms with van der Waals surface area (Å²) in [6, 6.07) is 2.52. The van der Waals surface area contributed by atoms with Crippen LogP contribution in [-0.4, -0.2) is 65.2 Å². The zero-order valence-corrected chi connectivity index (χ0v) is 13.5. The molecule has 1 aromatic rings. The Balaban J connectivity index is 1.91. The molecule has 9 heteroatoms. The summed E-state index contributed by atoms with van der Waals surface area (Å²) in [5.41, 5.74) is 0. The second kappa shape index (κ2) is 7.23. The molecule has 1 fully saturated rings. The number of hydrogen-bond acceptors (Lipinski definition) is 6. The van der Waals surface area contributed by atoms with E-state index in [0.717, 1.165) is 13.1 Å². The average molecular weight is 331 g/mol.